The van der Waals surface area contributed by atoms with Crippen molar-refractivity contribution in [1.82, 2.24) is 4.57 Å². The van der Waals surface area contributed by atoms with E-state index in [1.807, 2.05) is 36.4 Å². The van der Waals surface area contributed by atoms with Crippen LogP contribution < -0.4 is 33.8 Å². The molecule has 0 saturated carbocycles. The molecule has 1 atom stereocenters. The van der Waals surface area contributed by atoms with Gasteiger partial charge in [-0.2, -0.15) is 0 Å². The molecular weight excluding hydrogens is 651 g/mol. The zero-order valence-electron chi connectivity index (χ0n) is 22.5. The Bertz CT molecular complexity index is 1670. The maximum atomic E-state index is 13.8. The summed E-state index contributed by atoms with van der Waals surface area (Å²) in [5, 5.41) is 0. The van der Waals surface area contributed by atoms with Crippen molar-refractivity contribution in [1.29, 1.82) is 0 Å². The van der Waals surface area contributed by atoms with E-state index in [2.05, 4.69) is 4.99 Å². The average molecular weight is 679 g/mol. The van der Waals surface area contributed by atoms with Crippen LogP contribution in [-0.2, 0) is 14.3 Å². The first-order valence-electron chi connectivity index (χ1n) is 12.3. The summed E-state index contributed by atoms with van der Waals surface area (Å²) in [6.45, 7) is 5.91. The number of halogens is 1. The largest absolute Gasteiger partial charge is 0.493 e. The number of esters is 2. The lowest BCUT2D eigenvalue weighted by atomic mass is 9.97. The quantitative estimate of drug-likeness (QED) is 0.193. The molecule has 0 radical (unpaired) electrons. The molecule has 2 aromatic carbocycles. The number of aromatic nitrogens is 1. The van der Waals surface area contributed by atoms with Crippen molar-refractivity contribution in [2.45, 2.75) is 26.8 Å². The number of methoxy groups -OCH3 is 2. The highest BCUT2D eigenvalue weighted by atomic mass is 127. The van der Waals surface area contributed by atoms with Gasteiger partial charge in [0.1, 0.15) is 0 Å². The second-order valence-corrected chi connectivity index (χ2v) is 10.5. The summed E-state index contributed by atoms with van der Waals surface area (Å²) < 4.78 is 29.7. The minimum Gasteiger partial charge on any atom is -0.493 e. The molecule has 0 fully saturated rings. The SMILES string of the molecule is CCOc1ccc([C@H]2C(C(=O)OC)=CN=c3s/c(=C/c4cc(I)c(OC(C)=O)c(OC)c4)c(=O)n32)cc1OCC. The second-order valence-electron chi connectivity index (χ2n) is 8.38. The van der Waals surface area contributed by atoms with E-state index < -0.39 is 18.0 Å². The van der Waals surface area contributed by atoms with E-state index in [1.54, 1.807) is 36.4 Å². The van der Waals surface area contributed by atoms with Gasteiger partial charge >= 0.3 is 11.9 Å². The van der Waals surface area contributed by atoms with Crippen molar-refractivity contribution in [3.8, 4) is 23.0 Å². The molecule has 40 heavy (non-hydrogen) atoms. The Labute approximate surface area is 247 Å². The van der Waals surface area contributed by atoms with Gasteiger partial charge in [0.2, 0.25) is 0 Å². The first kappa shape index (κ1) is 29.3. The van der Waals surface area contributed by atoms with Crippen molar-refractivity contribution in [2.75, 3.05) is 27.4 Å². The highest BCUT2D eigenvalue weighted by Gasteiger charge is 2.31. The minimum absolute atomic E-state index is 0.204. The summed E-state index contributed by atoms with van der Waals surface area (Å²) in [6, 6.07) is 7.96. The molecule has 1 aliphatic rings. The van der Waals surface area contributed by atoms with Crippen LogP contribution in [0.15, 0.2) is 51.9 Å². The molecule has 0 bridgehead atoms. The number of fused-ring (bicyclic) bond motifs is 1. The zero-order chi connectivity index (χ0) is 29.0. The lowest BCUT2D eigenvalue weighted by Crippen LogP contribution is -2.39. The van der Waals surface area contributed by atoms with Crippen molar-refractivity contribution in [2.24, 2.45) is 4.99 Å². The van der Waals surface area contributed by atoms with Crippen LogP contribution in [0.5, 0.6) is 23.0 Å². The van der Waals surface area contributed by atoms with Gasteiger partial charge in [-0.25, -0.2) is 9.79 Å². The third-order valence-corrected chi connectivity index (χ3v) is 7.60. The molecule has 0 spiro atoms. The fraction of sp³-hybridized carbons (Fsp3) is 0.286. The summed E-state index contributed by atoms with van der Waals surface area (Å²) >= 11 is 3.23. The van der Waals surface area contributed by atoms with E-state index >= 15 is 0 Å². The van der Waals surface area contributed by atoms with Crippen molar-refractivity contribution in [3.63, 3.8) is 0 Å². The van der Waals surface area contributed by atoms with Gasteiger partial charge in [-0.3, -0.25) is 14.2 Å². The van der Waals surface area contributed by atoms with Gasteiger partial charge in [-0.1, -0.05) is 17.4 Å². The molecule has 0 saturated heterocycles. The van der Waals surface area contributed by atoms with E-state index in [9.17, 15) is 14.4 Å². The summed E-state index contributed by atoms with van der Waals surface area (Å²) in [7, 11) is 2.75. The molecule has 0 aliphatic carbocycles. The fourth-order valence-electron chi connectivity index (χ4n) is 4.20. The standard InChI is InChI=1S/C28H27IN2O8S/c1-6-37-20-9-8-17(13-21(20)38-7-2)24-18(27(34)36-5)14-30-28-31(24)26(33)23(40-28)12-16-10-19(29)25(39-15(3)32)22(11-16)35-4/h8-14,24H,6-7H2,1-5H3/b23-12+/t24-/m0/s1. The zero-order valence-corrected chi connectivity index (χ0v) is 25.5. The minimum atomic E-state index is -0.804. The number of thiazole rings is 1. The Morgan fingerprint density at radius 3 is 2.45 bits per heavy atom. The van der Waals surface area contributed by atoms with Gasteiger partial charge in [-0.15, -0.1) is 0 Å². The Morgan fingerprint density at radius 1 is 1.07 bits per heavy atom. The second kappa shape index (κ2) is 12.7. The number of nitrogens with zero attached hydrogens (tertiary/aromatic N) is 2. The number of carbonyl (C=O) groups excluding carboxylic acids is 2. The van der Waals surface area contributed by atoms with Crippen LogP contribution in [0.2, 0.25) is 0 Å². The van der Waals surface area contributed by atoms with Crippen LogP contribution >= 0.6 is 33.9 Å². The van der Waals surface area contributed by atoms with E-state index in [-0.39, 0.29) is 11.1 Å². The molecule has 0 amide bonds. The molecule has 210 valence electrons. The molecule has 10 nitrogen and oxygen atoms in total. The molecule has 1 aromatic heterocycles. The number of rotatable bonds is 9. The van der Waals surface area contributed by atoms with Crippen LogP contribution in [0.4, 0.5) is 0 Å². The molecule has 2 heterocycles. The number of carbonyl (C=O) groups is 2. The van der Waals surface area contributed by atoms with Crippen LogP contribution in [0.25, 0.3) is 6.08 Å². The van der Waals surface area contributed by atoms with Gasteiger partial charge in [0.05, 0.1) is 47.2 Å². The predicted octanol–water partition coefficient (Wildman–Crippen LogP) is 3.35. The van der Waals surface area contributed by atoms with E-state index in [4.69, 9.17) is 23.7 Å². The Hall–Kier alpha value is -3.65. The van der Waals surface area contributed by atoms with Gasteiger partial charge < -0.3 is 23.7 Å². The first-order chi connectivity index (χ1) is 19.2. The number of hydrogen-bond acceptors (Lipinski definition) is 10. The van der Waals surface area contributed by atoms with Gasteiger partial charge in [0, 0.05) is 13.1 Å². The monoisotopic (exact) mass is 678 g/mol. The summed E-state index contributed by atoms with van der Waals surface area (Å²) in [6.07, 6.45) is 3.14. The Morgan fingerprint density at radius 2 is 1.80 bits per heavy atom. The summed E-state index contributed by atoms with van der Waals surface area (Å²) in [5.74, 6) is 0.641. The maximum absolute atomic E-state index is 13.8. The fourth-order valence-corrected chi connectivity index (χ4v) is 5.91. The third kappa shape index (κ3) is 5.92. The average Bonchev–Trinajstić information content (AvgIpc) is 3.24. The molecule has 0 N–H and O–H groups in total. The number of ether oxygens (including phenoxy) is 5. The third-order valence-electron chi connectivity index (χ3n) is 5.80. The topological polar surface area (TPSA) is 115 Å². The lowest BCUT2D eigenvalue weighted by Gasteiger charge is -2.23. The molecule has 0 unspecified atom stereocenters. The van der Waals surface area contributed by atoms with Crippen LogP contribution in [0.1, 0.15) is 37.9 Å². The smallest absolute Gasteiger partial charge is 0.337 e. The van der Waals surface area contributed by atoms with Crippen LogP contribution in [0, 0.1) is 3.57 Å². The first-order valence-corrected chi connectivity index (χ1v) is 14.2. The number of hydrogen-bond donors (Lipinski definition) is 0. The van der Waals surface area contributed by atoms with Gasteiger partial charge in [0.25, 0.3) is 5.56 Å². The Balaban J connectivity index is 1.89. The van der Waals surface area contributed by atoms with Crippen molar-refractivity contribution in [3.05, 3.63) is 76.5 Å². The van der Waals surface area contributed by atoms with E-state index in [1.165, 1.54) is 43.2 Å². The predicted molar refractivity (Wildman–Crippen MR) is 157 cm³/mol. The number of benzene rings is 2. The van der Waals surface area contributed by atoms with E-state index in [0.717, 1.165) is 0 Å². The molecule has 3 aromatic rings. The molecule has 1 aliphatic heterocycles. The van der Waals surface area contributed by atoms with Crippen LogP contribution in [0.3, 0.4) is 0 Å². The van der Waals surface area contributed by atoms with Crippen LogP contribution in [-0.4, -0.2) is 43.9 Å². The van der Waals surface area contributed by atoms with E-state index in [0.29, 0.717) is 60.2 Å². The lowest BCUT2D eigenvalue weighted by molar-refractivity contribution is -0.136. The molecule has 12 heteroatoms. The molecular formula is C28H27IN2O8S. The highest BCUT2D eigenvalue weighted by Crippen LogP contribution is 2.36. The van der Waals surface area contributed by atoms with Gasteiger partial charge in [0.15, 0.2) is 27.8 Å². The summed E-state index contributed by atoms with van der Waals surface area (Å²) in [4.78, 5) is 43.0. The Kier molecular flexibility index (Phi) is 9.30. The molecule has 4 rings (SSSR count). The highest BCUT2D eigenvalue weighted by molar-refractivity contribution is 14.1. The van der Waals surface area contributed by atoms with Gasteiger partial charge in [-0.05, 0) is 77.9 Å². The normalized spacial score (nSPS) is 14.5. The summed E-state index contributed by atoms with van der Waals surface area (Å²) in [5.41, 5.74) is 1.15. The van der Waals surface area contributed by atoms with Crippen molar-refractivity contribution >= 4 is 51.9 Å². The maximum Gasteiger partial charge on any atom is 0.337 e. The van der Waals surface area contributed by atoms with Crippen molar-refractivity contribution < 1.29 is 33.3 Å².